The van der Waals surface area contributed by atoms with E-state index in [4.69, 9.17) is 4.52 Å². The SMILES string of the molecule is Cc1ccc(C)c(NCc2cnoc2)c1. The van der Waals surface area contributed by atoms with E-state index in [2.05, 4.69) is 42.5 Å². The van der Waals surface area contributed by atoms with Gasteiger partial charge in [0.15, 0.2) is 0 Å². The molecule has 0 saturated heterocycles. The third-order valence-electron chi connectivity index (χ3n) is 2.36. The zero-order valence-electron chi connectivity index (χ0n) is 8.95. The van der Waals surface area contributed by atoms with Gasteiger partial charge >= 0.3 is 0 Å². The molecule has 0 atom stereocenters. The van der Waals surface area contributed by atoms with Crippen LogP contribution in [0.1, 0.15) is 16.7 Å². The summed E-state index contributed by atoms with van der Waals surface area (Å²) in [7, 11) is 0. The summed E-state index contributed by atoms with van der Waals surface area (Å²) in [6, 6.07) is 6.37. The lowest BCUT2D eigenvalue weighted by atomic mass is 10.1. The van der Waals surface area contributed by atoms with Gasteiger partial charge in [0.25, 0.3) is 0 Å². The van der Waals surface area contributed by atoms with E-state index in [1.807, 2.05) is 0 Å². The van der Waals surface area contributed by atoms with Crippen LogP contribution < -0.4 is 5.32 Å². The second kappa shape index (κ2) is 4.17. The van der Waals surface area contributed by atoms with Crippen molar-refractivity contribution >= 4 is 5.69 Å². The second-order valence-corrected chi connectivity index (χ2v) is 3.70. The molecule has 0 spiro atoms. The number of rotatable bonds is 3. The van der Waals surface area contributed by atoms with E-state index < -0.39 is 0 Å². The molecule has 3 nitrogen and oxygen atoms in total. The lowest BCUT2D eigenvalue weighted by molar-refractivity contribution is 0.419. The molecular formula is C12H14N2O. The van der Waals surface area contributed by atoms with Crippen LogP contribution in [-0.4, -0.2) is 5.16 Å². The molecule has 0 amide bonds. The highest BCUT2D eigenvalue weighted by atomic mass is 16.5. The van der Waals surface area contributed by atoms with Crippen LogP contribution in [-0.2, 0) is 6.54 Å². The Balaban J connectivity index is 2.07. The van der Waals surface area contributed by atoms with Crippen molar-refractivity contribution < 1.29 is 4.52 Å². The van der Waals surface area contributed by atoms with E-state index in [0.29, 0.717) is 0 Å². The van der Waals surface area contributed by atoms with Gasteiger partial charge in [-0.25, -0.2) is 0 Å². The molecule has 1 aromatic heterocycles. The van der Waals surface area contributed by atoms with E-state index >= 15 is 0 Å². The number of nitrogens with zero attached hydrogens (tertiary/aromatic N) is 1. The van der Waals surface area contributed by atoms with E-state index in [-0.39, 0.29) is 0 Å². The monoisotopic (exact) mass is 202 g/mol. The summed E-state index contributed by atoms with van der Waals surface area (Å²) in [4.78, 5) is 0. The molecular weight excluding hydrogens is 188 g/mol. The molecule has 0 unspecified atom stereocenters. The van der Waals surface area contributed by atoms with Crippen molar-refractivity contribution in [1.82, 2.24) is 5.16 Å². The Labute approximate surface area is 89.1 Å². The first-order valence-corrected chi connectivity index (χ1v) is 4.95. The normalized spacial score (nSPS) is 10.3. The van der Waals surface area contributed by atoms with Crippen molar-refractivity contribution in [3.05, 3.63) is 47.3 Å². The van der Waals surface area contributed by atoms with Crippen molar-refractivity contribution in [1.29, 1.82) is 0 Å². The Morgan fingerprint density at radius 1 is 1.33 bits per heavy atom. The molecule has 1 heterocycles. The Bertz CT molecular complexity index is 435. The van der Waals surface area contributed by atoms with Gasteiger partial charge in [-0.2, -0.15) is 0 Å². The first-order valence-electron chi connectivity index (χ1n) is 4.95. The molecule has 0 fully saturated rings. The summed E-state index contributed by atoms with van der Waals surface area (Å²) in [5.41, 5.74) is 4.72. The molecule has 2 rings (SSSR count). The largest absolute Gasteiger partial charge is 0.381 e. The van der Waals surface area contributed by atoms with Crippen LogP contribution in [0.25, 0.3) is 0 Å². The van der Waals surface area contributed by atoms with Crippen LogP contribution in [0.2, 0.25) is 0 Å². The van der Waals surface area contributed by atoms with E-state index in [9.17, 15) is 0 Å². The maximum atomic E-state index is 4.77. The Hall–Kier alpha value is -1.77. The number of hydrogen-bond donors (Lipinski definition) is 1. The first kappa shape index (κ1) is 9.77. The number of aromatic nitrogens is 1. The molecule has 0 bridgehead atoms. The van der Waals surface area contributed by atoms with Gasteiger partial charge in [-0.3, -0.25) is 0 Å². The quantitative estimate of drug-likeness (QED) is 0.831. The lowest BCUT2D eigenvalue weighted by Crippen LogP contribution is -2.00. The molecule has 2 aromatic rings. The fraction of sp³-hybridized carbons (Fsp3) is 0.250. The molecule has 0 aliphatic heterocycles. The number of benzene rings is 1. The average Bonchev–Trinajstić information content (AvgIpc) is 2.72. The minimum Gasteiger partial charge on any atom is -0.381 e. The van der Waals surface area contributed by atoms with Crippen LogP contribution >= 0.6 is 0 Å². The maximum Gasteiger partial charge on any atom is 0.128 e. The Morgan fingerprint density at radius 3 is 2.93 bits per heavy atom. The van der Waals surface area contributed by atoms with Crippen molar-refractivity contribution in [3.63, 3.8) is 0 Å². The van der Waals surface area contributed by atoms with Gasteiger partial charge in [-0.05, 0) is 31.0 Å². The number of hydrogen-bond acceptors (Lipinski definition) is 3. The van der Waals surface area contributed by atoms with Crippen LogP contribution in [0.3, 0.4) is 0 Å². The summed E-state index contributed by atoms with van der Waals surface area (Å²) >= 11 is 0. The van der Waals surface area contributed by atoms with Gasteiger partial charge in [-0.1, -0.05) is 17.3 Å². The zero-order valence-corrected chi connectivity index (χ0v) is 8.95. The summed E-state index contributed by atoms with van der Waals surface area (Å²) in [5, 5.41) is 7.02. The highest BCUT2D eigenvalue weighted by molar-refractivity contribution is 5.52. The second-order valence-electron chi connectivity index (χ2n) is 3.70. The molecule has 15 heavy (non-hydrogen) atoms. The standard InChI is InChI=1S/C12H14N2O/c1-9-3-4-10(2)12(5-9)13-6-11-7-14-15-8-11/h3-5,7-8,13H,6H2,1-2H3. The highest BCUT2D eigenvalue weighted by Crippen LogP contribution is 2.17. The van der Waals surface area contributed by atoms with Crippen LogP contribution in [0.15, 0.2) is 35.2 Å². The topological polar surface area (TPSA) is 38.1 Å². The summed E-state index contributed by atoms with van der Waals surface area (Å²) < 4.78 is 4.77. The Kier molecular flexibility index (Phi) is 2.72. The molecule has 3 heteroatoms. The minimum atomic E-state index is 0.744. The molecule has 0 aliphatic rings. The van der Waals surface area contributed by atoms with Gasteiger partial charge in [0, 0.05) is 17.8 Å². The predicted octanol–water partition coefficient (Wildman–Crippen LogP) is 2.90. The van der Waals surface area contributed by atoms with Gasteiger partial charge < -0.3 is 9.84 Å². The molecule has 0 radical (unpaired) electrons. The van der Waals surface area contributed by atoms with E-state index in [1.54, 1.807) is 12.5 Å². The van der Waals surface area contributed by atoms with Gasteiger partial charge in [-0.15, -0.1) is 0 Å². The average molecular weight is 202 g/mol. The van der Waals surface area contributed by atoms with Crippen LogP contribution in [0.4, 0.5) is 5.69 Å². The van der Waals surface area contributed by atoms with Crippen LogP contribution in [0.5, 0.6) is 0 Å². The van der Waals surface area contributed by atoms with Crippen molar-refractivity contribution in [3.8, 4) is 0 Å². The van der Waals surface area contributed by atoms with Gasteiger partial charge in [0.05, 0.1) is 6.20 Å². The molecule has 0 saturated carbocycles. The number of aryl methyl sites for hydroxylation is 2. The maximum absolute atomic E-state index is 4.77. The van der Waals surface area contributed by atoms with E-state index in [0.717, 1.165) is 17.8 Å². The molecule has 1 N–H and O–H groups in total. The van der Waals surface area contributed by atoms with E-state index in [1.165, 1.54) is 11.1 Å². The van der Waals surface area contributed by atoms with Crippen LogP contribution in [0, 0.1) is 13.8 Å². The zero-order chi connectivity index (χ0) is 10.7. The molecule has 1 aromatic carbocycles. The van der Waals surface area contributed by atoms with Crippen molar-refractivity contribution in [2.45, 2.75) is 20.4 Å². The predicted molar refractivity (Wildman–Crippen MR) is 59.7 cm³/mol. The minimum absolute atomic E-state index is 0.744. The highest BCUT2D eigenvalue weighted by Gasteiger charge is 1.99. The summed E-state index contributed by atoms with van der Waals surface area (Å²) in [6.45, 7) is 4.92. The smallest absolute Gasteiger partial charge is 0.128 e. The molecule has 0 aliphatic carbocycles. The van der Waals surface area contributed by atoms with Crippen molar-refractivity contribution in [2.24, 2.45) is 0 Å². The van der Waals surface area contributed by atoms with Crippen molar-refractivity contribution in [2.75, 3.05) is 5.32 Å². The number of nitrogens with one attached hydrogen (secondary N) is 1. The lowest BCUT2D eigenvalue weighted by Gasteiger charge is -2.08. The number of anilines is 1. The summed E-state index contributed by atoms with van der Waals surface area (Å²) in [6.07, 6.45) is 3.37. The summed E-state index contributed by atoms with van der Waals surface area (Å²) in [5.74, 6) is 0. The first-order chi connectivity index (χ1) is 7.25. The third-order valence-corrected chi connectivity index (χ3v) is 2.36. The third kappa shape index (κ3) is 2.37. The van der Waals surface area contributed by atoms with Gasteiger partial charge in [0.1, 0.15) is 6.26 Å². The Morgan fingerprint density at radius 2 is 2.20 bits per heavy atom. The molecule has 78 valence electrons. The van der Waals surface area contributed by atoms with Gasteiger partial charge in [0.2, 0.25) is 0 Å². The fourth-order valence-electron chi connectivity index (χ4n) is 1.44. The fourth-order valence-corrected chi connectivity index (χ4v) is 1.44.